The molecule has 1 amide bonds. The van der Waals surface area contributed by atoms with Crippen LogP contribution in [0, 0.1) is 0 Å². The summed E-state index contributed by atoms with van der Waals surface area (Å²) in [6.45, 7) is 8.11. The number of benzene rings is 1. The SMILES string of the molecule is C=CCCOC(C)C(=O)N1CCNCC1c1ccccc1Cl.Cl. The van der Waals surface area contributed by atoms with Crippen LogP contribution in [0.1, 0.15) is 24.9 Å². The molecule has 23 heavy (non-hydrogen) atoms. The van der Waals surface area contributed by atoms with Gasteiger partial charge >= 0.3 is 0 Å². The molecule has 0 bridgehead atoms. The Hall–Kier alpha value is -1.07. The highest BCUT2D eigenvalue weighted by Crippen LogP contribution is 2.29. The van der Waals surface area contributed by atoms with Crippen LogP contribution in [-0.2, 0) is 9.53 Å². The first-order chi connectivity index (χ1) is 10.6. The fourth-order valence-corrected chi connectivity index (χ4v) is 2.89. The minimum atomic E-state index is -0.456. The molecule has 0 aromatic heterocycles. The Morgan fingerprint density at radius 2 is 2.30 bits per heavy atom. The number of nitrogens with zero attached hydrogens (tertiary/aromatic N) is 1. The summed E-state index contributed by atoms with van der Waals surface area (Å²) in [5, 5.41) is 4.02. The average molecular weight is 359 g/mol. The van der Waals surface area contributed by atoms with E-state index >= 15 is 0 Å². The van der Waals surface area contributed by atoms with E-state index < -0.39 is 6.10 Å². The predicted molar refractivity (Wildman–Crippen MR) is 96.3 cm³/mol. The van der Waals surface area contributed by atoms with Crippen LogP contribution >= 0.6 is 24.0 Å². The second kappa shape index (κ2) is 9.93. The lowest BCUT2D eigenvalue weighted by molar-refractivity contribution is -0.146. The Morgan fingerprint density at radius 1 is 1.57 bits per heavy atom. The maximum atomic E-state index is 12.7. The zero-order valence-corrected chi connectivity index (χ0v) is 14.9. The van der Waals surface area contributed by atoms with Gasteiger partial charge in [0.25, 0.3) is 5.91 Å². The van der Waals surface area contributed by atoms with Gasteiger partial charge in [-0.15, -0.1) is 19.0 Å². The van der Waals surface area contributed by atoms with E-state index in [-0.39, 0.29) is 24.4 Å². The molecule has 1 aliphatic rings. The van der Waals surface area contributed by atoms with Gasteiger partial charge in [-0.05, 0) is 25.0 Å². The number of hydrogen-bond donors (Lipinski definition) is 1. The summed E-state index contributed by atoms with van der Waals surface area (Å²) >= 11 is 6.30. The molecular weight excluding hydrogens is 335 g/mol. The molecule has 1 fully saturated rings. The molecule has 2 unspecified atom stereocenters. The van der Waals surface area contributed by atoms with E-state index in [1.807, 2.05) is 29.2 Å². The summed E-state index contributed by atoms with van der Waals surface area (Å²) in [6, 6.07) is 7.62. The highest BCUT2D eigenvalue weighted by molar-refractivity contribution is 6.31. The van der Waals surface area contributed by atoms with Gasteiger partial charge in [-0.1, -0.05) is 35.9 Å². The molecule has 4 nitrogen and oxygen atoms in total. The minimum absolute atomic E-state index is 0. The number of hydrogen-bond acceptors (Lipinski definition) is 3. The molecule has 1 aromatic rings. The van der Waals surface area contributed by atoms with Crippen molar-refractivity contribution in [2.75, 3.05) is 26.2 Å². The first kappa shape index (κ1) is 20.0. The monoisotopic (exact) mass is 358 g/mol. The molecule has 0 spiro atoms. The lowest BCUT2D eigenvalue weighted by atomic mass is 10.0. The minimum Gasteiger partial charge on any atom is -0.368 e. The number of halogens is 2. The van der Waals surface area contributed by atoms with Gasteiger partial charge in [0.1, 0.15) is 6.10 Å². The van der Waals surface area contributed by atoms with E-state index in [1.54, 1.807) is 13.0 Å². The molecule has 0 aliphatic carbocycles. The van der Waals surface area contributed by atoms with E-state index in [0.29, 0.717) is 24.7 Å². The van der Waals surface area contributed by atoms with Crippen molar-refractivity contribution < 1.29 is 9.53 Å². The average Bonchev–Trinajstić information content (AvgIpc) is 2.55. The van der Waals surface area contributed by atoms with E-state index in [4.69, 9.17) is 16.3 Å². The van der Waals surface area contributed by atoms with Gasteiger partial charge in [0.05, 0.1) is 12.6 Å². The largest absolute Gasteiger partial charge is 0.368 e. The molecule has 0 saturated carbocycles. The van der Waals surface area contributed by atoms with Gasteiger partial charge in [0, 0.05) is 24.7 Å². The number of amides is 1. The smallest absolute Gasteiger partial charge is 0.252 e. The number of nitrogens with one attached hydrogen (secondary N) is 1. The van der Waals surface area contributed by atoms with Crippen molar-refractivity contribution >= 4 is 29.9 Å². The molecule has 1 heterocycles. The van der Waals surface area contributed by atoms with Crippen molar-refractivity contribution in [2.45, 2.75) is 25.5 Å². The Bertz CT molecular complexity index is 525. The van der Waals surface area contributed by atoms with Crippen molar-refractivity contribution in [1.29, 1.82) is 0 Å². The molecule has 2 rings (SSSR count). The van der Waals surface area contributed by atoms with Gasteiger partial charge in [-0.2, -0.15) is 0 Å². The highest BCUT2D eigenvalue weighted by Gasteiger charge is 2.31. The summed E-state index contributed by atoms with van der Waals surface area (Å²) in [6.07, 6.45) is 2.07. The third-order valence-electron chi connectivity index (χ3n) is 3.83. The Kier molecular flexibility index (Phi) is 8.63. The zero-order chi connectivity index (χ0) is 15.9. The quantitative estimate of drug-likeness (QED) is 0.626. The predicted octanol–water partition coefficient (Wildman–Crippen LogP) is 3.22. The van der Waals surface area contributed by atoms with Crippen LogP contribution in [0.4, 0.5) is 0 Å². The van der Waals surface area contributed by atoms with Crippen molar-refractivity contribution in [1.82, 2.24) is 10.2 Å². The van der Waals surface area contributed by atoms with E-state index in [1.165, 1.54) is 0 Å². The van der Waals surface area contributed by atoms with Gasteiger partial charge < -0.3 is 15.0 Å². The van der Waals surface area contributed by atoms with Crippen molar-refractivity contribution in [3.05, 3.63) is 47.5 Å². The molecule has 128 valence electrons. The number of carbonyl (C=O) groups is 1. The first-order valence-corrected chi connectivity index (χ1v) is 8.01. The summed E-state index contributed by atoms with van der Waals surface area (Å²) in [5.74, 6) is 0.00971. The molecule has 1 saturated heterocycles. The summed E-state index contributed by atoms with van der Waals surface area (Å²) in [4.78, 5) is 14.6. The summed E-state index contributed by atoms with van der Waals surface area (Å²) in [7, 11) is 0. The van der Waals surface area contributed by atoms with Crippen LogP contribution in [0.25, 0.3) is 0 Å². The number of carbonyl (C=O) groups excluding carboxylic acids is 1. The fourth-order valence-electron chi connectivity index (χ4n) is 2.62. The van der Waals surface area contributed by atoms with Crippen LogP contribution in [0.3, 0.4) is 0 Å². The van der Waals surface area contributed by atoms with Crippen molar-refractivity contribution in [3.63, 3.8) is 0 Å². The van der Waals surface area contributed by atoms with E-state index in [0.717, 1.165) is 18.5 Å². The molecule has 1 aromatic carbocycles. The van der Waals surface area contributed by atoms with Crippen LogP contribution < -0.4 is 5.32 Å². The number of piperazine rings is 1. The van der Waals surface area contributed by atoms with E-state index in [2.05, 4.69) is 11.9 Å². The maximum Gasteiger partial charge on any atom is 0.252 e. The molecule has 0 radical (unpaired) electrons. The normalized spacial score (nSPS) is 18.9. The lowest BCUT2D eigenvalue weighted by Gasteiger charge is -2.38. The third kappa shape index (κ3) is 5.21. The van der Waals surface area contributed by atoms with Gasteiger partial charge in [0.2, 0.25) is 0 Å². The Labute approximate surface area is 149 Å². The lowest BCUT2D eigenvalue weighted by Crippen LogP contribution is -2.51. The second-order valence-electron chi connectivity index (χ2n) is 5.36. The number of rotatable bonds is 6. The number of ether oxygens (including phenoxy) is 1. The highest BCUT2D eigenvalue weighted by atomic mass is 35.5. The van der Waals surface area contributed by atoms with E-state index in [9.17, 15) is 4.79 Å². The maximum absolute atomic E-state index is 12.7. The van der Waals surface area contributed by atoms with Crippen LogP contribution in [-0.4, -0.2) is 43.2 Å². The Morgan fingerprint density at radius 3 is 3.00 bits per heavy atom. The topological polar surface area (TPSA) is 41.6 Å². The summed E-state index contributed by atoms with van der Waals surface area (Å²) < 4.78 is 5.60. The molecule has 1 N–H and O–H groups in total. The summed E-state index contributed by atoms with van der Waals surface area (Å²) in [5.41, 5.74) is 0.975. The van der Waals surface area contributed by atoms with Gasteiger partial charge in [-0.25, -0.2) is 0 Å². The Balaban J connectivity index is 0.00000264. The molecule has 6 heteroatoms. The third-order valence-corrected chi connectivity index (χ3v) is 4.17. The van der Waals surface area contributed by atoms with Crippen LogP contribution in [0.15, 0.2) is 36.9 Å². The fraction of sp³-hybridized carbons (Fsp3) is 0.471. The van der Waals surface area contributed by atoms with Crippen molar-refractivity contribution in [3.8, 4) is 0 Å². The standard InChI is InChI=1S/C17H23ClN2O2.ClH/c1-3-4-11-22-13(2)17(21)20-10-9-19-12-16(20)14-7-5-6-8-15(14)18;/h3,5-8,13,16,19H,1,4,9-12H2,2H3;1H. The molecule has 2 atom stereocenters. The molecular formula is C17H24Cl2N2O2. The zero-order valence-electron chi connectivity index (χ0n) is 13.3. The van der Waals surface area contributed by atoms with Gasteiger partial charge in [-0.3, -0.25) is 4.79 Å². The van der Waals surface area contributed by atoms with Crippen molar-refractivity contribution in [2.24, 2.45) is 0 Å². The van der Waals surface area contributed by atoms with Gasteiger partial charge in [0.15, 0.2) is 0 Å². The second-order valence-corrected chi connectivity index (χ2v) is 5.77. The molecule has 1 aliphatic heterocycles. The van der Waals surface area contributed by atoms with Crippen LogP contribution in [0.2, 0.25) is 5.02 Å². The van der Waals surface area contributed by atoms with Crippen LogP contribution in [0.5, 0.6) is 0 Å². The first-order valence-electron chi connectivity index (χ1n) is 7.63.